The van der Waals surface area contributed by atoms with Gasteiger partial charge in [0.15, 0.2) is 0 Å². The highest BCUT2D eigenvalue weighted by Gasteiger charge is 2.14. The molecule has 2 amide bonds. The van der Waals surface area contributed by atoms with Gasteiger partial charge in [-0.15, -0.1) is 0 Å². The Morgan fingerprint density at radius 1 is 1.17 bits per heavy atom. The van der Waals surface area contributed by atoms with Crippen LogP contribution in [0.25, 0.3) is 6.08 Å². The van der Waals surface area contributed by atoms with Crippen molar-refractivity contribution in [3.8, 4) is 5.75 Å². The van der Waals surface area contributed by atoms with Crippen LogP contribution in [0.5, 0.6) is 5.75 Å². The number of nitrogens with one attached hydrogen (secondary N) is 2. The number of benzene rings is 2. The van der Waals surface area contributed by atoms with E-state index in [0.717, 1.165) is 5.56 Å². The maximum atomic E-state index is 12.2. The molecule has 8 nitrogen and oxygen atoms in total. The van der Waals surface area contributed by atoms with E-state index in [4.69, 9.17) is 9.88 Å². The van der Waals surface area contributed by atoms with Crippen LogP contribution in [0.1, 0.15) is 18.1 Å². The summed E-state index contributed by atoms with van der Waals surface area (Å²) >= 11 is 0. The van der Waals surface area contributed by atoms with Crippen LogP contribution in [0.3, 0.4) is 0 Å². The summed E-state index contributed by atoms with van der Waals surface area (Å²) in [5.74, 6) is -0.108. The third-order valence-electron chi connectivity index (χ3n) is 3.99. The van der Waals surface area contributed by atoms with Crippen molar-refractivity contribution >= 4 is 27.9 Å². The fourth-order valence-corrected chi connectivity index (χ4v) is 2.97. The van der Waals surface area contributed by atoms with Gasteiger partial charge in [-0.3, -0.25) is 9.59 Å². The van der Waals surface area contributed by atoms with Gasteiger partial charge >= 0.3 is 0 Å². The van der Waals surface area contributed by atoms with Crippen LogP contribution in [0.4, 0.5) is 0 Å². The van der Waals surface area contributed by atoms with Gasteiger partial charge in [-0.25, -0.2) is 13.6 Å². The molecule has 4 N–H and O–H groups in total. The first kappa shape index (κ1) is 22.1. The molecule has 0 bridgehead atoms. The molecule has 0 aliphatic rings. The number of amides is 2. The SMILES string of the molecule is COc1ccc(/C=C/C(=O)NC(C)C(=O)NCc2cccc(S(N)(=O)=O)c2)cc1. The van der Waals surface area contributed by atoms with Crippen molar-refractivity contribution in [2.45, 2.75) is 24.4 Å². The average Bonchev–Trinajstić information content (AvgIpc) is 2.70. The van der Waals surface area contributed by atoms with Crippen LogP contribution in [-0.2, 0) is 26.2 Å². The van der Waals surface area contributed by atoms with E-state index in [1.165, 1.54) is 24.3 Å². The summed E-state index contributed by atoms with van der Waals surface area (Å²) in [5, 5.41) is 10.3. The van der Waals surface area contributed by atoms with E-state index in [9.17, 15) is 18.0 Å². The Labute approximate surface area is 169 Å². The Morgan fingerprint density at radius 3 is 2.48 bits per heavy atom. The van der Waals surface area contributed by atoms with Crippen molar-refractivity contribution in [2.75, 3.05) is 7.11 Å². The summed E-state index contributed by atoms with van der Waals surface area (Å²) in [6.07, 6.45) is 2.96. The molecular weight excluding hydrogens is 394 g/mol. The van der Waals surface area contributed by atoms with Crippen LogP contribution in [0.15, 0.2) is 59.5 Å². The molecule has 0 heterocycles. The number of carbonyl (C=O) groups excluding carboxylic acids is 2. The molecule has 0 fully saturated rings. The molecule has 0 radical (unpaired) electrons. The van der Waals surface area contributed by atoms with E-state index in [2.05, 4.69) is 10.6 Å². The number of carbonyl (C=O) groups is 2. The lowest BCUT2D eigenvalue weighted by Gasteiger charge is -2.13. The summed E-state index contributed by atoms with van der Waals surface area (Å²) in [6.45, 7) is 1.65. The molecule has 0 saturated heterocycles. The van der Waals surface area contributed by atoms with Gasteiger partial charge in [0.05, 0.1) is 12.0 Å². The summed E-state index contributed by atoms with van der Waals surface area (Å²) in [5.41, 5.74) is 1.38. The van der Waals surface area contributed by atoms with Crippen LogP contribution in [-0.4, -0.2) is 33.4 Å². The van der Waals surface area contributed by atoms with E-state index in [0.29, 0.717) is 11.3 Å². The highest BCUT2D eigenvalue weighted by molar-refractivity contribution is 7.89. The van der Waals surface area contributed by atoms with E-state index in [-0.39, 0.29) is 11.4 Å². The van der Waals surface area contributed by atoms with Gasteiger partial charge < -0.3 is 15.4 Å². The van der Waals surface area contributed by atoms with Gasteiger partial charge in [-0.05, 0) is 48.4 Å². The van der Waals surface area contributed by atoms with Gasteiger partial charge in [0.25, 0.3) is 0 Å². The highest BCUT2D eigenvalue weighted by atomic mass is 32.2. The molecule has 0 aliphatic carbocycles. The maximum absolute atomic E-state index is 12.2. The molecule has 2 aromatic rings. The number of ether oxygens (including phenoxy) is 1. The number of nitrogens with two attached hydrogens (primary N) is 1. The van der Waals surface area contributed by atoms with E-state index in [1.54, 1.807) is 50.4 Å². The number of primary sulfonamides is 1. The molecule has 154 valence electrons. The van der Waals surface area contributed by atoms with Crippen molar-refractivity contribution in [3.63, 3.8) is 0 Å². The molecular formula is C20H23N3O5S. The molecule has 0 spiro atoms. The molecule has 1 unspecified atom stereocenters. The fraction of sp³-hybridized carbons (Fsp3) is 0.200. The highest BCUT2D eigenvalue weighted by Crippen LogP contribution is 2.12. The standard InChI is InChI=1S/C20H23N3O5S/c1-14(23-19(24)11-8-15-6-9-17(28-2)10-7-15)20(25)22-13-16-4-3-5-18(12-16)29(21,26)27/h3-12,14H,13H2,1-2H3,(H,22,25)(H,23,24)(H2,21,26,27)/b11-8+. The maximum Gasteiger partial charge on any atom is 0.244 e. The lowest BCUT2D eigenvalue weighted by molar-refractivity contribution is -0.126. The minimum atomic E-state index is -3.81. The molecule has 9 heteroatoms. The van der Waals surface area contributed by atoms with Crippen molar-refractivity contribution in [1.29, 1.82) is 0 Å². The van der Waals surface area contributed by atoms with Gasteiger partial charge in [-0.1, -0.05) is 24.3 Å². The van der Waals surface area contributed by atoms with Crippen LogP contribution in [0.2, 0.25) is 0 Å². The quantitative estimate of drug-likeness (QED) is 0.556. The monoisotopic (exact) mass is 417 g/mol. The second-order valence-electron chi connectivity index (χ2n) is 6.25. The van der Waals surface area contributed by atoms with Crippen LogP contribution in [0, 0.1) is 0 Å². The van der Waals surface area contributed by atoms with Crippen molar-refractivity contribution in [1.82, 2.24) is 10.6 Å². The largest absolute Gasteiger partial charge is 0.497 e. The van der Waals surface area contributed by atoms with E-state index >= 15 is 0 Å². The van der Waals surface area contributed by atoms with E-state index in [1.807, 2.05) is 0 Å². The second kappa shape index (κ2) is 9.85. The van der Waals surface area contributed by atoms with Crippen molar-refractivity contribution in [2.24, 2.45) is 5.14 Å². The third kappa shape index (κ3) is 7.05. The van der Waals surface area contributed by atoms with Gasteiger partial charge in [0, 0.05) is 12.6 Å². The summed E-state index contributed by atoms with van der Waals surface area (Å²) < 4.78 is 27.8. The number of hydrogen-bond donors (Lipinski definition) is 3. The second-order valence-corrected chi connectivity index (χ2v) is 7.81. The summed E-state index contributed by atoms with van der Waals surface area (Å²) in [4.78, 5) is 24.1. The Kier molecular flexibility index (Phi) is 7.52. The first-order valence-electron chi connectivity index (χ1n) is 8.71. The van der Waals surface area contributed by atoms with Gasteiger partial charge in [-0.2, -0.15) is 0 Å². The molecule has 2 rings (SSSR count). The Bertz CT molecular complexity index is 1000. The van der Waals surface area contributed by atoms with Gasteiger partial charge in [0.2, 0.25) is 21.8 Å². The normalized spacial score (nSPS) is 12.4. The minimum absolute atomic E-state index is 0.0331. The van der Waals surface area contributed by atoms with Crippen molar-refractivity contribution < 1.29 is 22.7 Å². The smallest absolute Gasteiger partial charge is 0.244 e. The predicted molar refractivity (Wildman–Crippen MR) is 109 cm³/mol. The Balaban J connectivity index is 1.86. The summed E-state index contributed by atoms with van der Waals surface area (Å²) in [6, 6.07) is 12.3. The first-order chi connectivity index (χ1) is 13.7. The zero-order chi connectivity index (χ0) is 21.4. The number of methoxy groups -OCH3 is 1. The van der Waals surface area contributed by atoms with Crippen LogP contribution < -0.4 is 20.5 Å². The lowest BCUT2D eigenvalue weighted by Crippen LogP contribution is -2.44. The van der Waals surface area contributed by atoms with Gasteiger partial charge in [0.1, 0.15) is 11.8 Å². The fourth-order valence-electron chi connectivity index (χ4n) is 2.39. The number of sulfonamides is 1. The minimum Gasteiger partial charge on any atom is -0.497 e. The van der Waals surface area contributed by atoms with Crippen molar-refractivity contribution in [3.05, 3.63) is 65.7 Å². The third-order valence-corrected chi connectivity index (χ3v) is 4.90. The molecule has 0 aliphatic heterocycles. The first-order valence-corrected chi connectivity index (χ1v) is 10.3. The molecule has 0 saturated carbocycles. The van der Waals surface area contributed by atoms with Crippen LogP contribution >= 0.6 is 0 Å². The average molecular weight is 417 g/mol. The predicted octanol–water partition coefficient (Wildman–Crippen LogP) is 1.18. The Hall–Kier alpha value is -3.17. The van der Waals surface area contributed by atoms with E-state index < -0.39 is 27.9 Å². The lowest BCUT2D eigenvalue weighted by atomic mass is 10.2. The molecule has 1 atom stereocenters. The Morgan fingerprint density at radius 2 is 1.86 bits per heavy atom. The zero-order valence-corrected chi connectivity index (χ0v) is 16.9. The summed E-state index contributed by atoms with van der Waals surface area (Å²) in [7, 11) is -2.24. The zero-order valence-electron chi connectivity index (χ0n) is 16.1. The molecule has 0 aromatic heterocycles. The topological polar surface area (TPSA) is 128 Å². The number of rotatable bonds is 8. The molecule has 29 heavy (non-hydrogen) atoms. The number of hydrogen-bond acceptors (Lipinski definition) is 5. The molecule has 2 aromatic carbocycles.